The summed E-state index contributed by atoms with van der Waals surface area (Å²) in [6, 6.07) is 16.7. The highest BCUT2D eigenvalue weighted by molar-refractivity contribution is 5.40. The van der Waals surface area contributed by atoms with Gasteiger partial charge in [0.1, 0.15) is 5.75 Å². The molecule has 2 aromatic rings. The van der Waals surface area contributed by atoms with Gasteiger partial charge in [0.05, 0.1) is 6.61 Å². The molecule has 97 valence electrons. The Morgan fingerprint density at radius 2 is 1.74 bits per heavy atom. The minimum Gasteiger partial charge on any atom is -0.493 e. The Morgan fingerprint density at radius 3 is 2.37 bits per heavy atom. The Hall–Kier alpha value is -1.76. The quantitative estimate of drug-likeness (QED) is 0.787. The monoisotopic (exact) mass is 251 g/mol. The van der Waals surface area contributed by atoms with Gasteiger partial charge < -0.3 is 4.74 Å². The molecule has 0 N–H and O–H groups in total. The van der Waals surface area contributed by atoms with E-state index in [1.165, 1.54) is 24.0 Å². The Kier molecular flexibility index (Phi) is 3.06. The molecule has 0 atom stereocenters. The first-order chi connectivity index (χ1) is 9.20. The lowest BCUT2D eigenvalue weighted by Gasteiger charge is -2.19. The van der Waals surface area contributed by atoms with E-state index >= 15 is 0 Å². The molecule has 1 radical (unpaired) electrons. The molecule has 1 heteroatoms. The molecule has 0 bridgehead atoms. The van der Waals surface area contributed by atoms with Gasteiger partial charge in [-0.15, -0.1) is 0 Å². The van der Waals surface area contributed by atoms with Gasteiger partial charge in [0.15, 0.2) is 0 Å². The zero-order chi connectivity index (χ0) is 13.3. The molecule has 0 aliphatic heterocycles. The molecule has 1 fully saturated rings. The molecule has 0 aromatic heterocycles. The molecule has 0 saturated heterocycles. The zero-order valence-corrected chi connectivity index (χ0v) is 11.4. The maximum atomic E-state index is 5.97. The van der Waals surface area contributed by atoms with Crippen LogP contribution in [0.25, 0.3) is 0 Å². The SMILES string of the molecule is [CH2]c1ccccc1C1(COc2ccc(C)cc2)CC1. The fraction of sp³-hybridized carbons (Fsp3) is 0.278. The number of hydrogen-bond acceptors (Lipinski definition) is 1. The van der Waals surface area contributed by atoms with Gasteiger partial charge in [0.25, 0.3) is 0 Å². The van der Waals surface area contributed by atoms with Crippen LogP contribution >= 0.6 is 0 Å². The van der Waals surface area contributed by atoms with Crippen molar-refractivity contribution in [3.63, 3.8) is 0 Å². The van der Waals surface area contributed by atoms with Gasteiger partial charge in [0.2, 0.25) is 0 Å². The summed E-state index contributed by atoms with van der Waals surface area (Å²) < 4.78 is 5.97. The van der Waals surface area contributed by atoms with E-state index < -0.39 is 0 Å². The first-order valence-electron chi connectivity index (χ1n) is 6.81. The third-order valence-corrected chi connectivity index (χ3v) is 3.98. The van der Waals surface area contributed by atoms with Crippen LogP contribution in [-0.4, -0.2) is 6.61 Å². The van der Waals surface area contributed by atoms with E-state index in [2.05, 4.69) is 44.2 Å². The Bertz CT molecular complexity index is 564. The molecule has 0 unspecified atom stereocenters. The van der Waals surface area contributed by atoms with E-state index in [0.717, 1.165) is 17.9 Å². The van der Waals surface area contributed by atoms with Crippen LogP contribution in [-0.2, 0) is 5.41 Å². The fourth-order valence-electron chi connectivity index (χ4n) is 2.54. The van der Waals surface area contributed by atoms with Crippen molar-refractivity contribution in [3.8, 4) is 5.75 Å². The predicted octanol–water partition coefficient (Wildman–Crippen LogP) is 4.29. The fourth-order valence-corrected chi connectivity index (χ4v) is 2.54. The van der Waals surface area contributed by atoms with Crippen molar-refractivity contribution in [2.75, 3.05) is 6.61 Å². The second-order valence-electron chi connectivity index (χ2n) is 5.54. The van der Waals surface area contributed by atoms with E-state index in [9.17, 15) is 0 Å². The highest BCUT2D eigenvalue weighted by Gasteiger charge is 2.45. The zero-order valence-electron chi connectivity index (χ0n) is 11.4. The maximum absolute atomic E-state index is 5.97. The van der Waals surface area contributed by atoms with Crippen molar-refractivity contribution in [2.45, 2.75) is 25.2 Å². The van der Waals surface area contributed by atoms with Gasteiger partial charge in [-0.05, 0) is 49.9 Å². The van der Waals surface area contributed by atoms with E-state index in [0.29, 0.717) is 0 Å². The topological polar surface area (TPSA) is 9.23 Å². The third-order valence-electron chi connectivity index (χ3n) is 3.98. The van der Waals surface area contributed by atoms with Gasteiger partial charge >= 0.3 is 0 Å². The Morgan fingerprint density at radius 1 is 1.05 bits per heavy atom. The van der Waals surface area contributed by atoms with Crippen LogP contribution in [0.3, 0.4) is 0 Å². The lowest BCUT2D eigenvalue weighted by Crippen LogP contribution is -2.18. The second kappa shape index (κ2) is 4.73. The molecule has 1 aliphatic rings. The molecule has 1 nitrogen and oxygen atoms in total. The average molecular weight is 251 g/mol. The minimum absolute atomic E-state index is 0.198. The standard InChI is InChI=1S/C18H19O/c1-14-7-9-16(10-8-14)19-13-18(11-12-18)17-6-4-3-5-15(17)2/h3-10H,2,11-13H2,1H3. The number of aryl methyl sites for hydroxylation is 1. The minimum atomic E-state index is 0.198. The summed E-state index contributed by atoms with van der Waals surface area (Å²) in [5.41, 5.74) is 3.94. The lowest BCUT2D eigenvalue weighted by molar-refractivity contribution is 0.278. The summed E-state index contributed by atoms with van der Waals surface area (Å²) in [5.74, 6) is 0.957. The second-order valence-corrected chi connectivity index (χ2v) is 5.54. The van der Waals surface area contributed by atoms with Gasteiger partial charge in [-0.2, -0.15) is 0 Å². The van der Waals surface area contributed by atoms with Gasteiger partial charge in [-0.3, -0.25) is 0 Å². The van der Waals surface area contributed by atoms with Crippen molar-refractivity contribution in [1.82, 2.24) is 0 Å². The summed E-state index contributed by atoms with van der Waals surface area (Å²) in [6.45, 7) is 6.98. The highest BCUT2D eigenvalue weighted by Crippen LogP contribution is 2.49. The van der Waals surface area contributed by atoms with Crippen molar-refractivity contribution < 1.29 is 4.74 Å². The van der Waals surface area contributed by atoms with E-state index in [4.69, 9.17) is 4.74 Å². The van der Waals surface area contributed by atoms with E-state index in [-0.39, 0.29) is 5.41 Å². The molecule has 0 heterocycles. The molecule has 19 heavy (non-hydrogen) atoms. The molecule has 1 saturated carbocycles. The van der Waals surface area contributed by atoms with Crippen LogP contribution < -0.4 is 4.74 Å². The number of rotatable bonds is 4. The summed E-state index contributed by atoms with van der Waals surface area (Å²) in [6.07, 6.45) is 2.40. The first-order valence-corrected chi connectivity index (χ1v) is 6.81. The van der Waals surface area contributed by atoms with Gasteiger partial charge in [0, 0.05) is 5.41 Å². The summed E-state index contributed by atoms with van der Waals surface area (Å²) in [5, 5.41) is 0. The van der Waals surface area contributed by atoms with Crippen LogP contribution in [0.2, 0.25) is 0 Å². The first kappa shape index (κ1) is 12.3. The largest absolute Gasteiger partial charge is 0.493 e. The molecular formula is C18H19O. The molecule has 0 amide bonds. The van der Waals surface area contributed by atoms with E-state index in [1.54, 1.807) is 0 Å². The Labute approximate surface area is 115 Å². The molecular weight excluding hydrogens is 232 g/mol. The number of ether oxygens (including phenoxy) is 1. The highest BCUT2D eigenvalue weighted by atomic mass is 16.5. The molecule has 0 spiro atoms. The van der Waals surface area contributed by atoms with Crippen molar-refractivity contribution in [1.29, 1.82) is 0 Å². The maximum Gasteiger partial charge on any atom is 0.119 e. The average Bonchev–Trinajstić information content (AvgIpc) is 3.20. The third kappa shape index (κ3) is 2.51. The molecule has 1 aliphatic carbocycles. The Balaban J connectivity index is 1.73. The van der Waals surface area contributed by atoms with Crippen LogP contribution in [0.5, 0.6) is 5.75 Å². The smallest absolute Gasteiger partial charge is 0.119 e. The van der Waals surface area contributed by atoms with Crippen molar-refractivity contribution >= 4 is 0 Å². The summed E-state index contributed by atoms with van der Waals surface area (Å²) >= 11 is 0. The van der Waals surface area contributed by atoms with Crippen LogP contribution in [0, 0.1) is 13.8 Å². The van der Waals surface area contributed by atoms with Crippen LogP contribution in [0.15, 0.2) is 48.5 Å². The predicted molar refractivity (Wildman–Crippen MR) is 78.5 cm³/mol. The molecule has 2 aromatic carbocycles. The summed E-state index contributed by atoms with van der Waals surface area (Å²) in [4.78, 5) is 0. The van der Waals surface area contributed by atoms with Gasteiger partial charge in [-0.1, -0.05) is 42.0 Å². The number of hydrogen-bond donors (Lipinski definition) is 0. The van der Waals surface area contributed by atoms with Crippen LogP contribution in [0.4, 0.5) is 0 Å². The summed E-state index contributed by atoms with van der Waals surface area (Å²) in [7, 11) is 0. The normalized spacial score (nSPS) is 16.1. The van der Waals surface area contributed by atoms with Gasteiger partial charge in [-0.25, -0.2) is 0 Å². The van der Waals surface area contributed by atoms with E-state index in [1.807, 2.05) is 18.2 Å². The lowest BCUT2D eigenvalue weighted by atomic mass is 9.93. The molecule has 3 rings (SSSR count). The van der Waals surface area contributed by atoms with Crippen LogP contribution in [0.1, 0.15) is 29.5 Å². The van der Waals surface area contributed by atoms with Crippen molar-refractivity contribution in [2.24, 2.45) is 0 Å². The number of benzene rings is 2. The van der Waals surface area contributed by atoms with Crippen molar-refractivity contribution in [3.05, 3.63) is 72.1 Å².